The molecule has 3 rings (SSSR count). The molecule has 16 heavy (non-hydrogen) atoms. The van der Waals surface area contributed by atoms with Crippen LogP contribution in [-0.4, -0.2) is 7.11 Å². The number of allylic oxidation sites excluding steroid dienone is 1. The van der Waals surface area contributed by atoms with Crippen LogP contribution in [0.4, 0.5) is 0 Å². The van der Waals surface area contributed by atoms with Gasteiger partial charge >= 0.3 is 0 Å². The van der Waals surface area contributed by atoms with Crippen molar-refractivity contribution >= 4 is 6.08 Å². The van der Waals surface area contributed by atoms with Crippen LogP contribution in [0.3, 0.4) is 0 Å². The maximum absolute atomic E-state index is 5.35. The highest BCUT2D eigenvalue weighted by molar-refractivity contribution is 5.66. The Bertz CT molecular complexity index is 425. The number of rotatable bonds is 1. The average molecular weight is 214 g/mol. The molecule has 1 fully saturated rings. The fourth-order valence-corrected chi connectivity index (χ4v) is 3.20. The lowest BCUT2D eigenvalue weighted by atomic mass is 9.71. The maximum atomic E-state index is 5.35. The summed E-state index contributed by atoms with van der Waals surface area (Å²) in [5, 5.41) is 0. The number of fused-ring (bicyclic) bond motifs is 2. The first kappa shape index (κ1) is 9.95. The molecule has 0 saturated heterocycles. The van der Waals surface area contributed by atoms with Gasteiger partial charge in [-0.15, -0.1) is 0 Å². The molecule has 2 aliphatic rings. The van der Waals surface area contributed by atoms with E-state index in [4.69, 9.17) is 4.74 Å². The fourth-order valence-electron chi connectivity index (χ4n) is 3.20. The second-order valence-corrected chi connectivity index (χ2v) is 5.00. The summed E-state index contributed by atoms with van der Waals surface area (Å²) in [7, 11) is 1.75. The van der Waals surface area contributed by atoms with Crippen LogP contribution >= 0.6 is 0 Å². The van der Waals surface area contributed by atoms with E-state index in [-0.39, 0.29) is 0 Å². The molecule has 1 aromatic carbocycles. The predicted molar refractivity (Wildman–Crippen MR) is 66.8 cm³/mol. The third-order valence-corrected chi connectivity index (χ3v) is 4.12. The molecule has 0 heterocycles. The van der Waals surface area contributed by atoms with Gasteiger partial charge in [-0.3, -0.25) is 0 Å². The lowest BCUT2D eigenvalue weighted by Crippen LogP contribution is -2.24. The van der Waals surface area contributed by atoms with Gasteiger partial charge in [-0.05, 0) is 36.1 Å². The van der Waals surface area contributed by atoms with E-state index in [9.17, 15) is 0 Å². The van der Waals surface area contributed by atoms with Gasteiger partial charge < -0.3 is 4.74 Å². The first-order valence-corrected chi connectivity index (χ1v) is 6.22. The minimum absolute atomic E-state index is 0.335. The maximum Gasteiger partial charge on any atom is 0.119 e. The normalized spacial score (nSPS) is 21.1. The Morgan fingerprint density at radius 1 is 1.12 bits per heavy atom. The Balaban J connectivity index is 2.05. The Morgan fingerprint density at radius 3 is 2.69 bits per heavy atom. The molecule has 2 aliphatic carbocycles. The standard InChI is InChI=1S/C15H18O/c1-16-13-6-5-12-7-10-15(14(12)11-13)8-3-2-4-9-15/h5-7,10-11H,2-4,8-9H2,1H3. The van der Waals surface area contributed by atoms with Crippen molar-refractivity contribution < 1.29 is 4.74 Å². The van der Waals surface area contributed by atoms with Crippen molar-refractivity contribution in [2.75, 3.05) is 7.11 Å². The summed E-state index contributed by atoms with van der Waals surface area (Å²) in [6.07, 6.45) is 11.5. The van der Waals surface area contributed by atoms with Crippen LogP contribution in [0.25, 0.3) is 6.08 Å². The molecule has 0 aromatic heterocycles. The summed E-state index contributed by atoms with van der Waals surface area (Å²) >= 11 is 0. The number of hydrogen-bond acceptors (Lipinski definition) is 1. The molecule has 1 heteroatoms. The van der Waals surface area contributed by atoms with E-state index < -0.39 is 0 Å². The molecule has 0 N–H and O–H groups in total. The topological polar surface area (TPSA) is 9.23 Å². The zero-order valence-electron chi connectivity index (χ0n) is 9.83. The summed E-state index contributed by atoms with van der Waals surface area (Å²) < 4.78 is 5.35. The van der Waals surface area contributed by atoms with Crippen molar-refractivity contribution in [2.24, 2.45) is 0 Å². The highest BCUT2D eigenvalue weighted by atomic mass is 16.5. The first-order chi connectivity index (χ1) is 7.84. The molecule has 0 amide bonds. The van der Waals surface area contributed by atoms with Gasteiger partial charge in [-0.1, -0.05) is 37.5 Å². The SMILES string of the molecule is COc1ccc2c(c1)C1(C=C2)CCCCC1. The largest absolute Gasteiger partial charge is 0.497 e. The Labute approximate surface area is 97.1 Å². The zero-order chi connectivity index (χ0) is 11.0. The molecule has 1 saturated carbocycles. The third-order valence-electron chi connectivity index (χ3n) is 4.12. The van der Waals surface area contributed by atoms with E-state index in [2.05, 4.69) is 30.4 Å². The summed E-state index contributed by atoms with van der Waals surface area (Å²) in [6.45, 7) is 0. The van der Waals surface area contributed by atoms with Crippen LogP contribution in [-0.2, 0) is 5.41 Å². The summed E-state index contributed by atoms with van der Waals surface area (Å²) in [6, 6.07) is 6.49. The van der Waals surface area contributed by atoms with E-state index in [0.717, 1.165) is 5.75 Å². The van der Waals surface area contributed by atoms with Crippen LogP contribution in [0.2, 0.25) is 0 Å². The molecule has 1 aromatic rings. The molecular formula is C15H18O. The first-order valence-electron chi connectivity index (χ1n) is 6.22. The van der Waals surface area contributed by atoms with E-state index in [1.54, 1.807) is 7.11 Å². The van der Waals surface area contributed by atoms with Crippen molar-refractivity contribution in [2.45, 2.75) is 37.5 Å². The van der Waals surface area contributed by atoms with Gasteiger partial charge in [-0.25, -0.2) is 0 Å². The Morgan fingerprint density at radius 2 is 1.94 bits per heavy atom. The van der Waals surface area contributed by atoms with Crippen molar-refractivity contribution in [1.29, 1.82) is 0 Å². The minimum Gasteiger partial charge on any atom is -0.497 e. The highest BCUT2D eigenvalue weighted by Gasteiger charge is 2.35. The van der Waals surface area contributed by atoms with Crippen molar-refractivity contribution in [3.05, 3.63) is 35.4 Å². The Kier molecular flexibility index (Phi) is 2.27. The van der Waals surface area contributed by atoms with Gasteiger partial charge in [-0.2, -0.15) is 0 Å². The Hall–Kier alpha value is -1.24. The summed E-state index contributed by atoms with van der Waals surface area (Å²) in [5.74, 6) is 0.993. The van der Waals surface area contributed by atoms with Crippen LogP contribution in [0.15, 0.2) is 24.3 Å². The minimum atomic E-state index is 0.335. The number of hydrogen-bond donors (Lipinski definition) is 0. The number of benzene rings is 1. The van der Waals surface area contributed by atoms with Crippen LogP contribution in [0.5, 0.6) is 5.75 Å². The van der Waals surface area contributed by atoms with Gasteiger partial charge in [0.2, 0.25) is 0 Å². The molecular weight excluding hydrogens is 196 g/mol. The molecule has 0 bridgehead atoms. The van der Waals surface area contributed by atoms with Gasteiger partial charge in [0.1, 0.15) is 5.75 Å². The lowest BCUT2D eigenvalue weighted by Gasteiger charge is -2.33. The van der Waals surface area contributed by atoms with Crippen molar-refractivity contribution in [1.82, 2.24) is 0 Å². The van der Waals surface area contributed by atoms with Gasteiger partial charge in [0.15, 0.2) is 0 Å². The second-order valence-electron chi connectivity index (χ2n) is 5.00. The smallest absolute Gasteiger partial charge is 0.119 e. The molecule has 84 valence electrons. The summed E-state index contributed by atoms with van der Waals surface area (Å²) in [5.41, 5.74) is 3.22. The van der Waals surface area contributed by atoms with Gasteiger partial charge in [0.25, 0.3) is 0 Å². The molecule has 0 radical (unpaired) electrons. The van der Waals surface area contributed by atoms with E-state index >= 15 is 0 Å². The lowest BCUT2D eigenvalue weighted by molar-refractivity contribution is 0.359. The molecule has 0 aliphatic heterocycles. The van der Waals surface area contributed by atoms with Crippen LogP contribution in [0, 0.1) is 0 Å². The van der Waals surface area contributed by atoms with Crippen LogP contribution < -0.4 is 4.74 Å². The van der Waals surface area contributed by atoms with E-state index in [1.807, 2.05) is 0 Å². The molecule has 1 spiro atoms. The zero-order valence-corrected chi connectivity index (χ0v) is 9.83. The van der Waals surface area contributed by atoms with Crippen molar-refractivity contribution in [3.8, 4) is 5.75 Å². The number of methoxy groups -OCH3 is 1. The van der Waals surface area contributed by atoms with Gasteiger partial charge in [0, 0.05) is 5.41 Å². The third kappa shape index (κ3) is 1.38. The summed E-state index contributed by atoms with van der Waals surface area (Å²) in [4.78, 5) is 0. The van der Waals surface area contributed by atoms with E-state index in [0.29, 0.717) is 5.41 Å². The molecule has 1 nitrogen and oxygen atoms in total. The fraction of sp³-hybridized carbons (Fsp3) is 0.467. The molecule has 0 unspecified atom stereocenters. The average Bonchev–Trinajstić information content (AvgIpc) is 2.69. The van der Waals surface area contributed by atoms with Crippen LogP contribution in [0.1, 0.15) is 43.2 Å². The van der Waals surface area contributed by atoms with Crippen molar-refractivity contribution in [3.63, 3.8) is 0 Å². The predicted octanol–water partition coefficient (Wildman–Crippen LogP) is 3.92. The highest BCUT2D eigenvalue weighted by Crippen LogP contribution is 2.47. The van der Waals surface area contributed by atoms with Gasteiger partial charge in [0.05, 0.1) is 7.11 Å². The monoisotopic (exact) mass is 214 g/mol. The van der Waals surface area contributed by atoms with E-state index in [1.165, 1.54) is 43.2 Å². The molecule has 0 atom stereocenters. The second kappa shape index (κ2) is 3.65. The number of ether oxygens (including phenoxy) is 1. The quantitative estimate of drug-likeness (QED) is 0.688.